The van der Waals surface area contributed by atoms with Crippen LogP contribution in [0.15, 0.2) is 23.7 Å². The van der Waals surface area contributed by atoms with Gasteiger partial charge in [0.15, 0.2) is 6.04 Å². The third-order valence-corrected chi connectivity index (χ3v) is 3.42. The first kappa shape index (κ1) is 14.2. The van der Waals surface area contributed by atoms with Crippen LogP contribution in [0.3, 0.4) is 0 Å². The topological polar surface area (TPSA) is 112 Å². The summed E-state index contributed by atoms with van der Waals surface area (Å²) in [6.45, 7) is 1.29. The van der Waals surface area contributed by atoms with E-state index in [9.17, 15) is 14.7 Å². The summed E-state index contributed by atoms with van der Waals surface area (Å²) in [5.74, 6) is -1.30. The van der Waals surface area contributed by atoms with Crippen LogP contribution in [0, 0.1) is 0 Å². The van der Waals surface area contributed by atoms with E-state index in [-0.39, 0.29) is 0 Å². The fraction of sp³-hybridized carbons (Fsp3) is 0.250. The number of carbonyl (C=O) groups excluding carboxylic acids is 1. The van der Waals surface area contributed by atoms with Crippen molar-refractivity contribution in [2.24, 2.45) is 0 Å². The zero-order valence-corrected chi connectivity index (χ0v) is 11.3. The molecule has 1 aromatic heterocycles. The minimum Gasteiger partial charge on any atom is -0.480 e. The lowest BCUT2D eigenvalue weighted by molar-refractivity contribution is -0.141. The Kier molecular flexibility index (Phi) is 4.16. The molecule has 20 heavy (non-hydrogen) atoms. The third kappa shape index (κ3) is 3.22. The van der Waals surface area contributed by atoms with Gasteiger partial charge in [-0.3, -0.25) is 0 Å². The van der Waals surface area contributed by atoms with Gasteiger partial charge in [-0.25, -0.2) is 14.6 Å². The molecule has 0 aliphatic heterocycles. The molecular weight excluding hydrogens is 282 g/mol. The molecule has 2 amide bonds. The molecule has 106 valence electrons. The van der Waals surface area contributed by atoms with Gasteiger partial charge in [-0.2, -0.15) is 0 Å². The summed E-state index contributed by atoms with van der Waals surface area (Å²) in [7, 11) is 0. The largest absolute Gasteiger partial charge is 0.480 e. The number of benzene rings is 1. The first-order valence-corrected chi connectivity index (χ1v) is 6.67. The molecule has 0 aliphatic rings. The summed E-state index contributed by atoms with van der Waals surface area (Å²) in [4.78, 5) is 26.7. The molecular formula is C12H13N3O4S. The fourth-order valence-corrected chi connectivity index (χ4v) is 2.35. The number of hydrogen-bond acceptors (Lipinski definition) is 5. The standard InChI is InChI=1S/C12H13N3O4S/c1-6(16)10(11(17)18)15-12(19)14-7-2-3-8-9(4-7)20-5-13-8/h2-6,10,16H,1H3,(H,17,18)(H2,14,15,19). The number of carboxylic acids is 1. The van der Waals surface area contributed by atoms with E-state index in [0.29, 0.717) is 5.69 Å². The van der Waals surface area contributed by atoms with E-state index in [4.69, 9.17) is 5.11 Å². The Morgan fingerprint density at radius 1 is 1.40 bits per heavy atom. The molecule has 2 aromatic rings. The van der Waals surface area contributed by atoms with Crippen LogP contribution in [-0.2, 0) is 4.79 Å². The highest BCUT2D eigenvalue weighted by Gasteiger charge is 2.24. The van der Waals surface area contributed by atoms with E-state index in [1.165, 1.54) is 18.3 Å². The second-order valence-corrected chi connectivity index (χ2v) is 5.08. The molecule has 1 heterocycles. The maximum absolute atomic E-state index is 11.7. The van der Waals surface area contributed by atoms with Crippen molar-refractivity contribution in [1.29, 1.82) is 0 Å². The molecule has 2 atom stereocenters. The molecule has 8 heteroatoms. The van der Waals surface area contributed by atoms with Crippen molar-refractivity contribution in [2.45, 2.75) is 19.1 Å². The summed E-state index contributed by atoms with van der Waals surface area (Å²) >= 11 is 1.44. The molecule has 1 aromatic carbocycles. The minimum atomic E-state index is -1.36. The predicted molar refractivity (Wildman–Crippen MR) is 74.9 cm³/mol. The van der Waals surface area contributed by atoms with Crippen molar-refractivity contribution in [1.82, 2.24) is 10.3 Å². The van der Waals surface area contributed by atoms with Crippen molar-refractivity contribution >= 4 is 39.2 Å². The number of hydrogen-bond donors (Lipinski definition) is 4. The van der Waals surface area contributed by atoms with Crippen LogP contribution in [0.4, 0.5) is 10.5 Å². The molecule has 0 radical (unpaired) electrons. The average molecular weight is 295 g/mol. The van der Waals surface area contributed by atoms with Crippen molar-refractivity contribution < 1.29 is 19.8 Å². The number of anilines is 1. The zero-order valence-electron chi connectivity index (χ0n) is 10.5. The van der Waals surface area contributed by atoms with Crippen LogP contribution in [0.1, 0.15) is 6.92 Å². The molecule has 0 spiro atoms. The first-order valence-electron chi connectivity index (χ1n) is 5.79. The Labute approximate surface area is 118 Å². The number of fused-ring (bicyclic) bond motifs is 1. The van der Waals surface area contributed by atoms with Crippen LogP contribution in [0.25, 0.3) is 10.2 Å². The number of aromatic nitrogens is 1. The highest BCUT2D eigenvalue weighted by Crippen LogP contribution is 2.21. The van der Waals surface area contributed by atoms with Gasteiger partial charge in [0, 0.05) is 5.69 Å². The maximum Gasteiger partial charge on any atom is 0.328 e. The van der Waals surface area contributed by atoms with Crippen molar-refractivity contribution in [3.63, 3.8) is 0 Å². The molecule has 2 rings (SSSR count). The number of carboxylic acid groups (broad SMARTS) is 1. The monoisotopic (exact) mass is 295 g/mol. The van der Waals surface area contributed by atoms with E-state index in [2.05, 4.69) is 15.6 Å². The van der Waals surface area contributed by atoms with Crippen LogP contribution < -0.4 is 10.6 Å². The van der Waals surface area contributed by atoms with Gasteiger partial charge in [-0.15, -0.1) is 11.3 Å². The molecule has 0 saturated heterocycles. The smallest absolute Gasteiger partial charge is 0.328 e. The Morgan fingerprint density at radius 2 is 2.15 bits per heavy atom. The number of aliphatic hydroxyl groups excluding tert-OH is 1. The molecule has 2 unspecified atom stereocenters. The number of carbonyl (C=O) groups is 2. The average Bonchev–Trinajstić information content (AvgIpc) is 2.82. The number of nitrogens with zero attached hydrogens (tertiary/aromatic N) is 1. The van der Waals surface area contributed by atoms with Crippen LogP contribution in [0.2, 0.25) is 0 Å². The van der Waals surface area contributed by atoms with Crippen molar-refractivity contribution in [3.8, 4) is 0 Å². The second kappa shape index (κ2) is 5.85. The van der Waals surface area contributed by atoms with Gasteiger partial charge in [0.05, 0.1) is 21.8 Å². The lowest BCUT2D eigenvalue weighted by atomic mass is 10.2. The summed E-state index contributed by atoms with van der Waals surface area (Å²) < 4.78 is 0.910. The number of thiazole rings is 1. The maximum atomic E-state index is 11.7. The molecule has 0 bridgehead atoms. The van der Waals surface area contributed by atoms with E-state index >= 15 is 0 Å². The van der Waals surface area contributed by atoms with E-state index in [0.717, 1.165) is 10.2 Å². The number of aliphatic carboxylic acids is 1. The Bertz CT molecular complexity index is 640. The van der Waals surface area contributed by atoms with Gasteiger partial charge >= 0.3 is 12.0 Å². The van der Waals surface area contributed by atoms with Gasteiger partial charge in [-0.05, 0) is 25.1 Å². The summed E-state index contributed by atoms with van der Waals surface area (Å²) in [5, 5.41) is 22.9. The Hall–Kier alpha value is -2.19. The van der Waals surface area contributed by atoms with Gasteiger partial charge in [0.2, 0.25) is 0 Å². The SMILES string of the molecule is CC(O)C(NC(=O)Nc1ccc2ncsc2c1)C(=O)O. The lowest BCUT2D eigenvalue weighted by Gasteiger charge is -2.17. The highest BCUT2D eigenvalue weighted by molar-refractivity contribution is 7.16. The highest BCUT2D eigenvalue weighted by atomic mass is 32.1. The van der Waals surface area contributed by atoms with Crippen LogP contribution in [-0.4, -0.2) is 39.3 Å². The van der Waals surface area contributed by atoms with Gasteiger partial charge < -0.3 is 20.8 Å². The zero-order chi connectivity index (χ0) is 14.7. The van der Waals surface area contributed by atoms with E-state index in [1.807, 2.05) is 0 Å². The quantitative estimate of drug-likeness (QED) is 0.678. The second-order valence-electron chi connectivity index (χ2n) is 4.19. The number of urea groups is 1. The first-order chi connectivity index (χ1) is 9.47. The van der Waals surface area contributed by atoms with E-state index < -0.39 is 24.1 Å². The number of amides is 2. The predicted octanol–water partition coefficient (Wildman–Crippen LogP) is 1.25. The molecule has 7 nitrogen and oxygen atoms in total. The minimum absolute atomic E-state index is 0.522. The lowest BCUT2D eigenvalue weighted by Crippen LogP contribution is -2.49. The van der Waals surface area contributed by atoms with Crippen molar-refractivity contribution in [2.75, 3.05) is 5.32 Å². The number of nitrogens with one attached hydrogen (secondary N) is 2. The molecule has 4 N–H and O–H groups in total. The normalized spacial score (nSPS) is 13.7. The van der Waals surface area contributed by atoms with Gasteiger partial charge in [0.25, 0.3) is 0 Å². The number of rotatable bonds is 4. The van der Waals surface area contributed by atoms with Gasteiger partial charge in [0.1, 0.15) is 0 Å². The molecule has 0 fully saturated rings. The van der Waals surface area contributed by atoms with Crippen LogP contribution >= 0.6 is 11.3 Å². The summed E-state index contributed by atoms with van der Waals surface area (Å²) in [5.41, 5.74) is 3.05. The third-order valence-electron chi connectivity index (χ3n) is 2.62. The summed E-state index contributed by atoms with van der Waals surface area (Å²) in [6.07, 6.45) is -1.19. The number of aliphatic hydroxyl groups is 1. The van der Waals surface area contributed by atoms with E-state index in [1.54, 1.807) is 23.7 Å². The van der Waals surface area contributed by atoms with Crippen LogP contribution in [0.5, 0.6) is 0 Å². The molecule has 0 saturated carbocycles. The summed E-state index contributed by atoms with van der Waals surface area (Å²) in [6, 6.07) is 3.11. The Morgan fingerprint density at radius 3 is 2.80 bits per heavy atom. The molecule has 0 aliphatic carbocycles. The fourth-order valence-electron chi connectivity index (χ4n) is 1.63. The van der Waals surface area contributed by atoms with Crippen molar-refractivity contribution in [3.05, 3.63) is 23.7 Å². The Balaban J connectivity index is 2.05. The van der Waals surface area contributed by atoms with Gasteiger partial charge in [-0.1, -0.05) is 0 Å².